The third-order valence-electron chi connectivity index (χ3n) is 6.39. The number of aromatic nitrogens is 2. The predicted octanol–water partition coefficient (Wildman–Crippen LogP) is 4.18. The van der Waals surface area contributed by atoms with Crippen LogP contribution in [0.2, 0.25) is 0 Å². The van der Waals surface area contributed by atoms with Crippen molar-refractivity contribution in [3.05, 3.63) is 60.2 Å². The van der Waals surface area contributed by atoms with Gasteiger partial charge in [-0.3, -0.25) is 0 Å². The number of fused-ring (bicyclic) bond motifs is 1. The number of sulfone groups is 1. The van der Waals surface area contributed by atoms with Gasteiger partial charge in [0.2, 0.25) is 5.95 Å². The van der Waals surface area contributed by atoms with Crippen molar-refractivity contribution in [2.24, 2.45) is 0 Å². The Kier molecular flexibility index (Phi) is 5.52. The van der Waals surface area contributed by atoms with Gasteiger partial charge in [-0.1, -0.05) is 55.3 Å². The highest BCUT2D eigenvalue weighted by Gasteiger charge is 2.34. The fraction of sp³-hybridized carbons (Fsp3) is 0.417. The zero-order valence-electron chi connectivity index (χ0n) is 17.6. The first-order valence-corrected chi connectivity index (χ1v) is 12.9. The molecule has 1 saturated carbocycles. The van der Waals surface area contributed by atoms with Crippen LogP contribution in [0, 0.1) is 0 Å². The van der Waals surface area contributed by atoms with Crippen LogP contribution in [0.25, 0.3) is 10.9 Å². The molecule has 0 amide bonds. The summed E-state index contributed by atoms with van der Waals surface area (Å²) in [5, 5.41) is 4.66. The van der Waals surface area contributed by atoms with E-state index in [-0.39, 0.29) is 17.5 Å². The second-order valence-corrected chi connectivity index (χ2v) is 10.9. The molecular weight excluding hydrogens is 408 g/mol. The number of anilines is 2. The van der Waals surface area contributed by atoms with Gasteiger partial charge in [0.1, 0.15) is 5.82 Å². The molecule has 1 aliphatic heterocycles. The second kappa shape index (κ2) is 8.46. The highest BCUT2D eigenvalue weighted by molar-refractivity contribution is 7.91. The van der Waals surface area contributed by atoms with Gasteiger partial charge in [-0.15, -0.1) is 0 Å². The molecular formula is C24H28N4O2S. The molecule has 1 unspecified atom stereocenters. The Hall–Kier alpha value is -2.67. The number of rotatable bonds is 6. The van der Waals surface area contributed by atoms with E-state index in [1.165, 1.54) is 12.8 Å². The van der Waals surface area contributed by atoms with Crippen LogP contribution in [0.5, 0.6) is 0 Å². The molecule has 0 radical (unpaired) electrons. The number of benzene rings is 2. The molecule has 1 atom stereocenters. The van der Waals surface area contributed by atoms with Crippen molar-refractivity contribution < 1.29 is 8.42 Å². The molecule has 31 heavy (non-hydrogen) atoms. The minimum absolute atomic E-state index is 0.120. The highest BCUT2D eigenvalue weighted by atomic mass is 32.2. The van der Waals surface area contributed by atoms with Gasteiger partial charge >= 0.3 is 0 Å². The van der Waals surface area contributed by atoms with Crippen LogP contribution in [0.3, 0.4) is 0 Å². The summed E-state index contributed by atoms with van der Waals surface area (Å²) >= 11 is 0. The second-order valence-electron chi connectivity index (χ2n) is 8.69. The number of nitrogens with zero attached hydrogens (tertiary/aromatic N) is 3. The summed E-state index contributed by atoms with van der Waals surface area (Å²) in [5.41, 5.74) is 2.00. The molecule has 162 valence electrons. The molecule has 0 bridgehead atoms. The van der Waals surface area contributed by atoms with Crippen molar-refractivity contribution in [3.8, 4) is 0 Å². The van der Waals surface area contributed by atoms with E-state index in [0.29, 0.717) is 25.0 Å². The van der Waals surface area contributed by atoms with Crippen LogP contribution in [0.15, 0.2) is 54.6 Å². The van der Waals surface area contributed by atoms with E-state index < -0.39 is 9.84 Å². The van der Waals surface area contributed by atoms with Crippen molar-refractivity contribution >= 4 is 32.5 Å². The van der Waals surface area contributed by atoms with Crippen LogP contribution in [0.4, 0.5) is 11.8 Å². The zero-order valence-corrected chi connectivity index (χ0v) is 18.4. The molecule has 2 fully saturated rings. The predicted molar refractivity (Wildman–Crippen MR) is 125 cm³/mol. The van der Waals surface area contributed by atoms with E-state index in [0.717, 1.165) is 35.1 Å². The summed E-state index contributed by atoms with van der Waals surface area (Å²) in [7, 11) is -3.02. The van der Waals surface area contributed by atoms with Gasteiger partial charge in [0.25, 0.3) is 0 Å². The Morgan fingerprint density at radius 3 is 2.42 bits per heavy atom. The Morgan fingerprint density at radius 1 is 0.935 bits per heavy atom. The van der Waals surface area contributed by atoms with Crippen LogP contribution in [-0.2, 0) is 16.4 Å². The summed E-state index contributed by atoms with van der Waals surface area (Å²) in [6.07, 6.45) is 5.41. The molecule has 2 heterocycles. The lowest BCUT2D eigenvalue weighted by Crippen LogP contribution is -2.37. The summed E-state index contributed by atoms with van der Waals surface area (Å²) in [6, 6.07) is 18.5. The largest absolute Gasteiger partial charge is 0.367 e. The van der Waals surface area contributed by atoms with Crippen molar-refractivity contribution in [1.29, 1.82) is 0 Å². The third kappa shape index (κ3) is 4.51. The summed E-state index contributed by atoms with van der Waals surface area (Å²) < 4.78 is 24.5. The van der Waals surface area contributed by atoms with Gasteiger partial charge in [0.05, 0.1) is 17.0 Å². The number of hydrogen-bond acceptors (Lipinski definition) is 6. The highest BCUT2D eigenvalue weighted by Crippen LogP contribution is 2.30. The molecule has 1 aromatic heterocycles. The minimum atomic E-state index is -3.02. The van der Waals surface area contributed by atoms with E-state index in [1.807, 2.05) is 36.4 Å². The maximum absolute atomic E-state index is 12.3. The standard InChI is InChI=1S/C24H28N4O2S/c29-31(30)15-14-20(17-31)28(16-18-8-2-1-3-9-18)24-26-22-13-7-6-12-21(22)23(27-24)25-19-10-4-5-11-19/h1-3,6-9,12-13,19-20H,4-5,10-11,14-17H2,(H,25,26,27). The van der Waals surface area contributed by atoms with Crippen LogP contribution < -0.4 is 10.2 Å². The van der Waals surface area contributed by atoms with Crippen LogP contribution in [0.1, 0.15) is 37.7 Å². The maximum atomic E-state index is 12.3. The lowest BCUT2D eigenvalue weighted by Gasteiger charge is -2.29. The summed E-state index contributed by atoms with van der Waals surface area (Å²) in [5.74, 6) is 1.84. The van der Waals surface area contributed by atoms with Crippen molar-refractivity contribution in [2.75, 3.05) is 21.7 Å². The zero-order chi connectivity index (χ0) is 21.3. The molecule has 3 aromatic rings. The number of hydrogen-bond donors (Lipinski definition) is 1. The first kappa shape index (κ1) is 20.2. The Morgan fingerprint density at radius 2 is 1.68 bits per heavy atom. The Labute approximate surface area is 183 Å². The topological polar surface area (TPSA) is 75.2 Å². The van der Waals surface area contributed by atoms with Gasteiger partial charge in [0.15, 0.2) is 9.84 Å². The van der Waals surface area contributed by atoms with Crippen molar-refractivity contribution in [3.63, 3.8) is 0 Å². The molecule has 7 heteroatoms. The van der Waals surface area contributed by atoms with E-state index >= 15 is 0 Å². The number of nitrogens with one attached hydrogen (secondary N) is 1. The van der Waals surface area contributed by atoms with Crippen molar-refractivity contribution in [2.45, 2.75) is 50.7 Å². The minimum Gasteiger partial charge on any atom is -0.367 e. The van der Waals surface area contributed by atoms with Gasteiger partial charge in [-0.05, 0) is 37.0 Å². The molecule has 6 nitrogen and oxygen atoms in total. The van der Waals surface area contributed by atoms with Crippen LogP contribution in [-0.4, -0.2) is 42.0 Å². The lowest BCUT2D eigenvalue weighted by molar-refractivity contribution is 0.597. The monoisotopic (exact) mass is 436 g/mol. The first-order chi connectivity index (χ1) is 15.1. The SMILES string of the molecule is O=S1(=O)CCC(N(Cc2ccccc2)c2nc(NC3CCCC3)c3ccccc3n2)C1. The average molecular weight is 437 g/mol. The van der Waals surface area contributed by atoms with Gasteiger partial charge in [0, 0.05) is 24.0 Å². The molecule has 1 aliphatic carbocycles. The molecule has 2 aromatic carbocycles. The van der Waals surface area contributed by atoms with E-state index in [1.54, 1.807) is 0 Å². The molecule has 1 N–H and O–H groups in total. The number of para-hydroxylation sites is 1. The van der Waals surface area contributed by atoms with Crippen LogP contribution >= 0.6 is 0 Å². The Bertz CT molecular complexity index is 1160. The van der Waals surface area contributed by atoms with Gasteiger partial charge in [-0.25, -0.2) is 13.4 Å². The van der Waals surface area contributed by atoms with E-state index in [9.17, 15) is 8.42 Å². The maximum Gasteiger partial charge on any atom is 0.228 e. The van der Waals surface area contributed by atoms with E-state index in [2.05, 4.69) is 28.4 Å². The van der Waals surface area contributed by atoms with E-state index in [4.69, 9.17) is 9.97 Å². The van der Waals surface area contributed by atoms with Gasteiger partial charge < -0.3 is 10.2 Å². The molecule has 2 aliphatic rings. The smallest absolute Gasteiger partial charge is 0.228 e. The third-order valence-corrected chi connectivity index (χ3v) is 8.14. The average Bonchev–Trinajstić information content (AvgIpc) is 3.42. The fourth-order valence-electron chi connectivity index (χ4n) is 4.73. The Balaban J connectivity index is 1.56. The fourth-order valence-corrected chi connectivity index (χ4v) is 6.46. The van der Waals surface area contributed by atoms with Crippen molar-refractivity contribution in [1.82, 2.24) is 9.97 Å². The van der Waals surface area contributed by atoms with Gasteiger partial charge in [-0.2, -0.15) is 4.98 Å². The summed E-state index contributed by atoms with van der Waals surface area (Å²) in [4.78, 5) is 11.9. The lowest BCUT2D eigenvalue weighted by atomic mass is 10.1. The normalized spacial score (nSPS) is 20.8. The molecule has 0 spiro atoms. The quantitative estimate of drug-likeness (QED) is 0.625. The summed E-state index contributed by atoms with van der Waals surface area (Å²) in [6.45, 7) is 0.586. The molecule has 5 rings (SSSR count). The first-order valence-electron chi connectivity index (χ1n) is 11.1. The molecule has 1 saturated heterocycles.